The highest BCUT2D eigenvalue weighted by Crippen LogP contribution is 2.23. The Kier molecular flexibility index (Phi) is 9.01. The fourth-order valence-corrected chi connectivity index (χ4v) is 5.48. The Labute approximate surface area is 261 Å². The number of amides is 2. The van der Waals surface area contributed by atoms with Crippen molar-refractivity contribution >= 4 is 17.9 Å². The van der Waals surface area contributed by atoms with E-state index >= 15 is 0 Å². The van der Waals surface area contributed by atoms with Gasteiger partial charge in [-0.15, -0.1) is 15.3 Å². The topological polar surface area (TPSA) is 106 Å². The van der Waals surface area contributed by atoms with Crippen LogP contribution in [0.4, 0.5) is 0 Å². The van der Waals surface area contributed by atoms with E-state index in [-0.39, 0.29) is 18.4 Å². The number of carbonyl (C=O) groups excluding carboxylic acids is 2. The molecule has 0 fully saturated rings. The number of ether oxygens (including phenoxy) is 1. The summed E-state index contributed by atoms with van der Waals surface area (Å²) in [4.78, 5) is 32.1. The predicted octanol–water partition coefficient (Wildman–Crippen LogP) is 4.30. The van der Waals surface area contributed by atoms with Gasteiger partial charge in [-0.25, -0.2) is 4.68 Å². The van der Waals surface area contributed by atoms with E-state index in [1.165, 1.54) is 18.7 Å². The fourth-order valence-electron chi connectivity index (χ4n) is 5.48. The average molecular weight is 600 g/mol. The van der Waals surface area contributed by atoms with Gasteiger partial charge in [-0.2, -0.15) is 0 Å². The van der Waals surface area contributed by atoms with Crippen LogP contribution in [0.3, 0.4) is 0 Å². The van der Waals surface area contributed by atoms with Gasteiger partial charge in [0.05, 0.1) is 30.9 Å². The van der Waals surface area contributed by atoms with E-state index in [2.05, 4.69) is 32.6 Å². The average Bonchev–Trinajstić information content (AvgIpc) is 3.64. The molecule has 226 valence electrons. The number of hydrogen-bond donors (Lipinski definition) is 0. The molecule has 0 saturated heterocycles. The van der Waals surface area contributed by atoms with Crippen molar-refractivity contribution in [2.75, 3.05) is 13.7 Å². The summed E-state index contributed by atoms with van der Waals surface area (Å²) < 4.78 is 6.77. The second kappa shape index (κ2) is 13.8. The molecule has 10 nitrogen and oxygen atoms in total. The van der Waals surface area contributed by atoms with Gasteiger partial charge in [0.2, 0.25) is 17.7 Å². The highest BCUT2D eigenvalue weighted by atomic mass is 16.5. The van der Waals surface area contributed by atoms with Crippen molar-refractivity contribution in [3.63, 3.8) is 0 Å². The van der Waals surface area contributed by atoms with Crippen molar-refractivity contribution < 1.29 is 14.3 Å². The number of hydrogen-bond acceptors (Lipinski definition) is 7. The monoisotopic (exact) mass is 599 g/mol. The molecule has 1 aliphatic heterocycles. The van der Waals surface area contributed by atoms with Crippen LogP contribution in [0.1, 0.15) is 27.9 Å². The molecule has 1 atom stereocenters. The summed E-state index contributed by atoms with van der Waals surface area (Å²) in [7, 11) is 1.52. The van der Waals surface area contributed by atoms with Crippen LogP contribution < -0.4 is 4.74 Å². The van der Waals surface area contributed by atoms with Crippen LogP contribution in [-0.4, -0.2) is 66.5 Å². The van der Waals surface area contributed by atoms with E-state index in [1.807, 2.05) is 71.6 Å². The lowest BCUT2D eigenvalue weighted by molar-refractivity contribution is -0.144. The van der Waals surface area contributed by atoms with Gasteiger partial charge < -0.3 is 14.5 Å². The minimum Gasteiger partial charge on any atom is -0.480 e. The quantitative estimate of drug-likeness (QED) is 0.220. The number of carbonyl (C=O) groups is 2. The number of methoxy groups -OCH3 is 1. The number of fused-ring (bicyclic) bond motifs is 1. The van der Waals surface area contributed by atoms with Gasteiger partial charge in [0, 0.05) is 38.2 Å². The molecule has 0 spiro atoms. The molecule has 2 amide bonds. The Hall–Kier alpha value is -5.64. The SMILES string of the molecule is COc1ccc(C=CC(=O)N(Cc2ccc(-n3ccnn3)cc2)C(Cc2ccccc2)C(=O)N2CCc3ccccc3C2)nn1. The molecule has 10 heteroatoms. The van der Waals surface area contributed by atoms with Crippen LogP contribution in [0.25, 0.3) is 11.8 Å². The molecule has 0 aliphatic carbocycles. The second-order valence-corrected chi connectivity index (χ2v) is 10.8. The number of rotatable bonds is 10. The van der Waals surface area contributed by atoms with E-state index in [1.54, 1.807) is 40.2 Å². The Morgan fingerprint density at radius 3 is 2.40 bits per heavy atom. The molecule has 6 rings (SSSR count). The first kappa shape index (κ1) is 29.4. The smallest absolute Gasteiger partial charge is 0.247 e. The van der Waals surface area contributed by atoms with Crippen LogP contribution >= 0.6 is 0 Å². The molecular weight excluding hydrogens is 566 g/mol. The van der Waals surface area contributed by atoms with Gasteiger partial charge in [0.15, 0.2) is 0 Å². The van der Waals surface area contributed by atoms with E-state index in [0.29, 0.717) is 31.1 Å². The molecule has 2 aromatic heterocycles. The summed E-state index contributed by atoms with van der Waals surface area (Å²) in [5.74, 6) is -0.00990. The van der Waals surface area contributed by atoms with Crippen LogP contribution in [0, 0.1) is 0 Å². The maximum absolute atomic E-state index is 14.5. The van der Waals surface area contributed by atoms with E-state index in [9.17, 15) is 9.59 Å². The van der Waals surface area contributed by atoms with E-state index < -0.39 is 6.04 Å². The highest BCUT2D eigenvalue weighted by Gasteiger charge is 2.34. The molecule has 0 N–H and O–H groups in total. The van der Waals surface area contributed by atoms with Crippen molar-refractivity contribution in [2.24, 2.45) is 0 Å². The summed E-state index contributed by atoms with van der Waals surface area (Å²) in [6, 6.07) is 28.4. The first-order chi connectivity index (χ1) is 22.1. The van der Waals surface area contributed by atoms with Crippen LogP contribution in [0.5, 0.6) is 5.88 Å². The molecule has 3 heterocycles. The molecule has 1 aliphatic rings. The van der Waals surface area contributed by atoms with Crippen molar-refractivity contribution in [3.8, 4) is 11.6 Å². The van der Waals surface area contributed by atoms with Gasteiger partial charge in [-0.3, -0.25) is 9.59 Å². The normalized spacial score (nSPS) is 13.3. The summed E-state index contributed by atoms with van der Waals surface area (Å²) >= 11 is 0. The van der Waals surface area contributed by atoms with Crippen molar-refractivity contribution in [3.05, 3.63) is 137 Å². The van der Waals surface area contributed by atoms with Crippen LogP contribution in [0.15, 0.2) is 109 Å². The minimum atomic E-state index is -0.744. The van der Waals surface area contributed by atoms with Gasteiger partial charge in [0.25, 0.3) is 0 Å². The molecule has 45 heavy (non-hydrogen) atoms. The van der Waals surface area contributed by atoms with Gasteiger partial charge in [0.1, 0.15) is 6.04 Å². The standard InChI is InChI=1S/C35H33N7O3/c1-45-33-17-13-30(37-38-33)14-18-34(43)41(24-27-11-15-31(16-12-27)42-22-20-36-39-42)32(23-26-7-3-2-4-8-26)35(44)40-21-19-28-9-5-6-10-29(28)25-40/h2-18,20,22,32H,19,21,23-25H2,1H3. The lowest BCUT2D eigenvalue weighted by Crippen LogP contribution is -2.52. The Morgan fingerprint density at radius 1 is 0.911 bits per heavy atom. The molecular formula is C35H33N7O3. The predicted molar refractivity (Wildman–Crippen MR) is 169 cm³/mol. The van der Waals surface area contributed by atoms with Crippen molar-refractivity contribution in [1.29, 1.82) is 0 Å². The zero-order valence-corrected chi connectivity index (χ0v) is 24.9. The number of aromatic nitrogens is 5. The summed E-state index contributed by atoms with van der Waals surface area (Å²) in [5.41, 5.74) is 5.58. The van der Waals surface area contributed by atoms with Gasteiger partial charge >= 0.3 is 0 Å². The third-order valence-corrected chi connectivity index (χ3v) is 7.90. The summed E-state index contributed by atoms with van der Waals surface area (Å²) in [6.07, 6.45) is 7.59. The van der Waals surface area contributed by atoms with E-state index in [4.69, 9.17) is 4.74 Å². The fraction of sp³-hybridized carbons (Fsp3) is 0.200. The Morgan fingerprint density at radius 2 is 1.69 bits per heavy atom. The Balaban J connectivity index is 1.33. The lowest BCUT2D eigenvalue weighted by Gasteiger charge is -2.36. The molecule has 5 aromatic rings. The van der Waals surface area contributed by atoms with Gasteiger partial charge in [-0.05, 0) is 52.9 Å². The van der Waals surface area contributed by atoms with Crippen molar-refractivity contribution in [2.45, 2.75) is 32.0 Å². The molecule has 0 saturated carbocycles. The molecule has 1 unspecified atom stereocenters. The summed E-state index contributed by atoms with van der Waals surface area (Å²) in [6.45, 7) is 1.32. The summed E-state index contributed by atoms with van der Waals surface area (Å²) in [5, 5.41) is 16.1. The first-order valence-electron chi connectivity index (χ1n) is 14.8. The van der Waals surface area contributed by atoms with Crippen LogP contribution in [-0.2, 0) is 35.5 Å². The molecule has 3 aromatic carbocycles. The Bertz CT molecular complexity index is 1760. The zero-order valence-electron chi connectivity index (χ0n) is 24.9. The third-order valence-electron chi connectivity index (χ3n) is 7.90. The largest absolute Gasteiger partial charge is 0.480 e. The third kappa shape index (κ3) is 7.13. The first-order valence-corrected chi connectivity index (χ1v) is 14.8. The molecule has 0 radical (unpaired) electrons. The zero-order chi connectivity index (χ0) is 31.0. The molecule has 0 bridgehead atoms. The van der Waals surface area contributed by atoms with Crippen molar-refractivity contribution in [1.82, 2.24) is 35.0 Å². The van der Waals surface area contributed by atoms with Gasteiger partial charge in [-0.1, -0.05) is 71.9 Å². The minimum absolute atomic E-state index is 0.0846. The maximum Gasteiger partial charge on any atom is 0.247 e. The maximum atomic E-state index is 14.5. The number of benzene rings is 3. The highest BCUT2D eigenvalue weighted by molar-refractivity contribution is 5.95. The van der Waals surface area contributed by atoms with E-state index in [0.717, 1.165) is 28.8 Å². The number of nitrogens with zero attached hydrogens (tertiary/aromatic N) is 7. The second-order valence-electron chi connectivity index (χ2n) is 10.8. The van der Waals surface area contributed by atoms with Crippen LogP contribution in [0.2, 0.25) is 0 Å². The lowest BCUT2D eigenvalue weighted by atomic mass is 9.97.